The molecule has 4 rings (SSSR count). The van der Waals surface area contributed by atoms with E-state index in [-0.39, 0.29) is 5.91 Å². The molecule has 27 heavy (non-hydrogen) atoms. The van der Waals surface area contributed by atoms with Crippen LogP contribution in [0.2, 0.25) is 0 Å². The molecule has 0 bridgehead atoms. The van der Waals surface area contributed by atoms with Gasteiger partial charge in [-0.05, 0) is 70.4 Å². The minimum absolute atomic E-state index is 0.110. The van der Waals surface area contributed by atoms with Crippen LogP contribution in [-0.4, -0.2) is 5.91 Å². The fourth-order valence-electron chi connectivity index (χ4n) is 3.07. The Balaban J connectivity index is 1.73. The van der Waals surface area contributed by atoms with Gasteiger partial charge in [0.15, 0.2) is 0 Å². The summed E-state index contributed by atoms with van der Waals surface area (Å²) in [5.41, 5.74) is 4.28. The van der Waals surface area contributed by atoms with Gasteiger partial charge in [-0.1, -0.05) is 46.3 Å². The van der Waals surface area contributed by atoms with Crippen molar-refractivity contribution in [3.63, 3.8) is 0 Å². The zero-order valence-corrected chi connectivity index (χ0v) is 17.6. The van der Waals surface area contributed by atoms with E-state index in [2.05, 4.69) is 37.2 Å². The summed E-state index contributed by atoms with van der Waals surface area (Å²) in [6.45, 7) is 2.00. The Bertz CT molecular complexity index is 1080. The summed E-state index contributed by atoms with van der Waals surface area (Å²) in [5.74, 6) is 1.39. The van der Waals surface area contributed by atoms with Crippen molar-refractivity contribution in [3.8, 4) is 11.5 Å². The largest absolute Gasteiger partial charge is 0.457 e. The van der Waals surface area contributed by atoms with E-state index >= 15 is 0 Å². The minimum atomic E-state index is -0.110. The molecule has 0 radical (unpaired) electrons. The van der Waals surface area contributed by atoms with E-state index in [4.69, 9.17) is 4.74 Å². The molecule has 3 aromatic carbocycles. The molecule has 0 fully saturated rings. The predicted octanol–water partition coefficient (Wildman–Crippen LogP) is 6.81. The van der Waals surface area contributed by atoms with Crippen molar-refractivity contribution < 1.29 is 9.53 Å². The molecule has 1 amide bonds. The SMILES string of the molecule is Cc1c(Br)cc(Br)c2c1C(=Cc1cccc(Oc3ccccc3)c1)C(=O)N2. The van der Waals surface area contributed by atoms with Gasteiger partial charge < -0.3 is 10.1 Å². The van der Waals surface area contributed by atoms with Crippen LogP contribution >= 0.6 is 31.9 Å². The molecule has 134 valence electrons. The van der Waals surface area contributed by atoms with Crippen LogP contribution < -0.4 is 10.1 Å². The Kier molecular flexibility index (Phi) is 4.89. The van der Waals surface area contributed by atoms with E-state index in [0.29, 0.717) is 5.57 Å². The van der Waals surface area contributed by atoms with Crippen LogP contribution in [0.4, 0.5) is 5.69 Å². The lowest BCUT2D eigenvalue weighted by Gasteiger charge is -2.09. The zero-order chi connectivity index (χ0) is 19.0. The van der Waals surface area contributed by atoms with E-state index in [1.54, 1.807) is 0 Å². The normalized spacial score (nSPS) is 14.2. The highest BCUT2D eigenvalue weighted by molar-refractivity contribution is 9.11. The van der Waals surface area contributed by atoms with E-state index in [0.717, 1.165) is 42.8 Å². The van der Waals surface area contributed by atoms with Crippen molar-refractivity contribution in [1.29, 1.82) is 0 Å². The molecule has 1 aliphatic rings. The lowest BCUT2D eigenvalue weighted by molar-refractivity contribution is -0.110. The quantitative estimate of drug-likeness (QED) is 0.415. The van der Waals surface area contributed by atoms with Gasteiger partial charge in [0.2, 0.25) is 0 Å². The van der Waals surface area contributed by atoms with E-state index in [1.165, 1.54) is 0 Å². The maximum Gasteiger partial charge on any atom is 0.256 e. The molecule has 0 saturated heterocycles. The highest BCUT2D eigenvalue weighted by atomic mass is 79.9. The van der Waals surface area contributed by atoms with Crippen molar-refractivity contribution in [2.75, 3.05) is 5.32 Å². The van der Waals surface area contributed by atoms with Gasteiger partial charge in [0, 0.05) is 20.1 Å². The maximum atomic E-state index is 12.6. The molecule has 3 nitrogen and oxygen atoms in total. The topological polar surface area (TPSA) is 38.3 Å². The first-order chi connectivity index (χ1) is 13.0. The summed E-state index contributed by atoms with van der Waals surface area (Å²) in [4.78, 5) is 12.6. The first-order valence-corrected chi connectivity index (χ1v) is 9.96. The first kappa shape index (κ1) is 18.0. The average Bonchev–Trinajstić information content (AvgIpc) is 2.98. The highest BCUT2D eigenvalue weighted by Crippen LogP contribution is 2.43. The number of hydrogen-bond acceptors (Lipinski definition) is 2. The molecule has 0 saturated carbocycles. The van der Waals surface area contributed by atoms with Crippen LogP contribution in [0.3, 0.4) is 0 Å². The third-order valence-electron chi connectivity index (χ3n) is 4.38. The minimum Gasteiger partial charge on any atom is -0.457 e. The van der Waals surface area contributed by atoms with Crippen molar-refractivity contribution in [2.24, 2.45) is 0 Å². The molecule has 5 heteroatoms. The van der Waals surface area contributed by atoms with Crippen LogP contribution in [0.5, 0.6) is 11.5 Å². The smallest absolute Gasteiger partial charge is 0.256 e. The van der Waals surface area contributed by atoms with Crippen molar-refractivity contribution in [3.05, 3.63) is 86.3 Å². The van der Waals surface area contributed by atoms with Gasteiger partial charge in [0.05, 0.1) is 5.69 Å². The van der Waals surface area contributed by atoms with Gasteiger partial charge in [-0.25, -0.2) is 0 Å². The fraction of sp³-hybridized carbons (Fsp3) is 0.0455. The van der Waals surface area contributed by atoms with Gasteiger partial charge in [0.1, 0.15) is 11.5 Å². The molecule has 0 aliphatic carbocycles. The van der Waals surface area contributed by atoms with Gasteiger partial charge in [-0.15, -0.1) is 0 Å². The van der Waals surface area contributed by atoms with Crippen molar-refractivity contribution >= 4 is 55.1 Å². The second-order valence-electron chi connectivity index (χ2n) is 6.21. The number of benzene rings is 3. The van der Waals surface area contributed by atoms with Gasteiger partial charge in [-0.2, -0.15) is 0 Å². The molecule has 3 aromatic rings. The fourth-order valence-corrected chi connectivity index (χ4v) is 4.33. The Morgan fingerprint density at radius 3 is 2.44 bits per heavy atom. The van der Waals surface area contributed by atoms with Gasteiger partial charge in [-0.3, -0.25) is 4.79 Å². The second-order valence-corrected chi connectivity index (χ2v) is 7.92. The predicted molar refractivity (Wildman–Crippen MR) is 116 cm³/mol. The number of carbonyl (C=O) groups is 1. The van der Waals surface area contributed by atoms with E-state index in [9.17, 15) is 4.79 Å². The molecule has 0 unspecified atom stereocenters. The molecule has 1 aliphatic heterocycles. The standard InChI is InChI=1S/C22H15Br2NO2/c1-13-18(23)12-19(24)21-20(13)17(22(26)25-21)11-14-6-5-9-16(10-14)27-15-7-3-2-4-8-15/h2-12H,1H3,(H,25,26). The van der Waals surface area contributed by atoms with Crippen LogP contribution in [0, 0.1) is 6.92 Å². The van der Waals surface area contributed by atoms with E-state index in [1.807, 2.05) is 73.7 Å². The Labute approximate surface area is 174 Å². The number of amides is 1. The average molecular weight is 485 g/mol. The summed E-state index contributed by atoms with van der Waals surface area (Å²) < 4.78 is 7.71. The molecule has 1 N–H and O–H groups in total. The van der Waals surface area contributed by atoms with Crippen molar-refractivity contribution in [1.82, 2.24) is 0 Å². The molecule has 0 atom stereocenters. The monoisotopic (exact) mass is 483 g/mol. The first-order valence-electron chi connectivity index (χ1n) is 8.38. The number of hydrogen-bond donors (Lipinski definition) is 1. The number of rotatable bonds is 3. The van der Waals surface area contributed by atoms with Gasteiger partial charge in [0.25, 0.3) is 5.91 Å². The van der Waals surface area contributed by atoms with Crippen LogP contribution in [0.1, 0.15) is 16.7 Å². The van der Waals surface area contributed by atoms with E-state index < -0.39 is 0 Å². The summed E-state index contributed by atoms with van der Waals surface area (Å²) in [6, 6.07) is 19.3. The molecular weight excluding hydrogens is 470 g/mol. The third-order valence-corrected chi connectivity index (χ3v) is 5.83. The maximum absolute atomic E-state index is 12.6. The van der Waals surface area contributed by atoms with Gasteiger partial charge >= 0.3 is 0 Å². The van der Waals surface area contributed by atoms with Crippen LogP contribution in [-0.2, 0) is 4.79 Å². The van der Waals surface area contributed by atoms with Crippen LogP contribution in [0.25, 0.3) is 11.6 Å². The second kappa shape index (κ2) is 7.33. The summed E-state index contributed by atoms with van der Waals surface area (Å²) in [6.07, 6.45) is 1.89. The van der Waals surface area contributed by atoms with Crippen LogP contribution in [0.15, 0.2) is 69.6 Å². The number of anilines is 1. The zero-order valence-electron chi connectivity index (χ0n) is 14.4. The summed E-state index contributed by atoms with van der Waals surface area (Å²) >= 11 is 7.09. The number of para-hydroxylation sites is 1. The Morgan fingerprint density at radius 1 is 0.926 bits per heavy atom. The summed E-state index contributed by atoms with van der Waals surface area (Å²) in [7, 11) is 0. The lowest BCUT2D eigenvalue weighted by atomic mass is 9.99. The molecule has 0 spiro atoms. The number of carbonyl (C=O) groups excluding carboxylic acids is 1. The number of nitrogens with one attached hydrogen (secondary N) is 1. The number of fused-ring (bicyclic) bond motifs is 1. The molecular formula is C22H15Br2NO2. The Morgan fingerprint density at radius 2 is 1.67 bits per heavy atom. The lowest BCUT2D eigenvalue weighted by Crippen LogP contribution is -2.03. The molecule has 1 heterocycles. The molecule has 0 aromatic heterocycles. The number of ether oxygens (including phenoxy) is 1. The van der Waals surface area contributed by atoms with Crippen molar-refractivity contribution in [2.45, 2.75) is 6.92 Å². The number of halogens is 2. The Hall–Kier alpha value is -2.37. The highest BCUT2D eigenvalue weighted by Gasteiger charge is 2.29. The summed E-state index contributed by atoms with van der Waals surface area (Å²) in [5, 5.41) is 2.95. The third kappa shape index (κ3) is 3.57.